The van der Waals surface area contributed by atoms with E-state index in [0.717, 1.165) is 0 Å². The van der Waals surface area contributed by atoms with E-state index in [2.05, 4.69) is 24.9 Å². The number of aliphatic hydroxyl groups is 2. The van der Waals surface area contributed by atoms with Crippen molar-refractivity contribution < 1.29 is 14.9 Å². The molecular weight excluding hydrogens is 395 g/mol. The van der Waals surface area contributed by atoms with Crippen LogP contribution >= 0.6 is 0 Å². The molecule has 1 aliphatic heterocycles. The maximum atomic E-state index is 10.1. The molecule has 0 aromatic carbocycles. The van der Waals surface area contributed by atoms with Crippen molar-refractivity contribution in [1.29, 1.82) is 0 Å². The molecule has 0 spiro atoms. The van der Waals surface area contributed by atoms with Crippen LogP contribution in [0.15, 0.2) is 10.2 Å². The Labute approximate surface area is 147 Å². The second kappa shape index (κ2) is 11.1. The molecule has 134 valence electrons. The number of rotatable bonds is 11. The summed E-state index contributed by atoms with van der Waals surface area (Å²) < 4.78 is 12.1. The van der Waals surface area contributed by atoms with Gasteiger partial charge in [0.05, 0.1) is 0 Å². The van der Waals surface area contributed by atoms with Crippen molar-refractivity contribution in [2.75, 3.05) is 0 Å². The van der Waals surface area contributed by atoms with E-state index in [1.807, 2.05) is 6.08 Å². The summed E-state index contributed by atoms with van der Waals surface area (Å²) in [6.45, 7) is 12.5. The summed E-state index contributed by atoms with van der Waals surface area (Å²) in [6.07, 6.45) is 6.62. The molecule has 0 amide bonds. The SMILES string of the molecule is [CH][C@@H]1O[C@H](/C=[CH]\[Sn]([CH2]CCC)([CH2]CCC)[CH2]CCC)[C@H](O)C1O. The van der Waals surface area contributed by atoms with Gasteiger partial charge >= 0.3 is 147 Å². The zero-order chi connectivity index (χ0) is 17.3. The third-order valence-corrected chi connectivity index (χ3v) is 19.2. The Bertz CT molecular complexity index is 324. The molecule has 1 saturated heterocycles. The van der Waals surface area contributed by atoms with Gasteiger partial charge in [0.15, 0.2) is 0 Å². The summed E-state index contributed by atoms with van der Waals surface area (Å²) in [6, 6.07) is 0. The van der Waals surface area contributed by atoms with E-state index in [1.54, 1.807) is 0 Å². The van der Waals surface area contributed by atoms with Crippen LogP contribution in [0.3, 0.4) is 0 Å². The fourth-order valence-corrected chi connectivity index (χ4v) is 17.7. The Hall–Kier alpha value is 0.419. The third kappa shape index (κ3) is 6.68. The number of hydrogen-bond donors (Lipinski definition) is 2. The molecule has 1 unspecified atom stereocenters. The van der Waals surface area contributed by atoms with Gasteiger partial charge in [0.1, 0.15) is 0 Å². The van der Waals surface area contributed by atoms with E-state index in [4.69, 9.17) is 11.7 Å². The van der Waals surface area contributed by atoms with Gasteiger partial charge in [0.25, 0.3) is 0 Å². The van der Waals surface area contributed by atoms with Crippen molar-refractivity contribution in [2.45, 2.75) is 97.0 Å². The Morgan fingerprint density at radius 3 is 1.74 bits per heavy atom. The molecule has 3 nitrogen and oxygen atoms in total. The molecule has 0 aliphatic carbocycles. The van der Waals surface area contributed by atoms with Crippen LogP contribution in [0, 0.1) is 6.92 Å². The first-order valence-corrected chi connectivity index (χ1v) is 17.2. The minimum atomic E-state index is -2.35. The molecule has 1 fully saturated rings. The van der Waals surface area contributed by atoms with Crippen LogP contribution < -0.4 is 0 Å². The van der Waals surface area contributed by atoms with Gasteiger partial charge < -0.3 is 0 Å². The predicted molar refractivity (Wildman–Crippen MR) is 99.0 cm³/mol. The standard InChI is InChI=1S/C7H9O3.3C4H9.Sn/c1-3-5-7(9)6(8)4(2)10-5;3*1-3-4-2;/h1-9H;3*1,3-4H2,2H3;/t4-,5+,6?,7-;;;;/m0..../s1. The molecule has 0 saturated carbocycles. The van der Waals surface area contributed by atoms with Crippen LogP contribution in [-0.2, 0) is 4.74 Å². The molecule has 23 heavy (non-hydrogen) atoms. The van der Waals surface area contributed by atoms with Crippen LogP contribution in [0.5, 0.6) is 0 Å². The van der Waals surface area contributed by atoms with E-state index in [0.29, 0.717) is 0 Å². The average Bonchev–Trinajstić information content (AvgIpc) is 2.80. The van der Waals surface area contributed by atoms with Crippen molar-refractivity contribution in [3.05, 3.63) is 17.1 Å². The summed E-state index contributed by atoms with van der Waals surface area (Å²) in [5.41, 5.74) is 0. The molecular formula is C19H36O3Sn. The molecule has 1 rings (SSSR count). The topological polar surface area (TPSA) is 49.7 Å². The number of hydrogen-bond acceptors (Lipinski definition) is 3. The van der Waals surface area contributed by atoms with E-state index >= 15 is 0 Å². The fraction of sp³-hybridized carbons (Fsp3) is 0.842. The Morgan fingerprint density at radius 2 is 1.39 bits per heavy atom. The molecule has 4 atom stereocenters. The van der Waals surface area contributed by atoms with Crippen LogP contribution in [0.4, 0.5) is 0 Å². The first-order valence-electron chi connectivity index (χ1n) is 9.46. The first kappa shape index (κ1) is 21.5. The van der Waals surface area contributed by atoms with Crippen molar-refractivity contribution in [3.8, 4) is 0 Å². The summed E-state index contributed by atoms with van der Waals surface area (Å²) in [7, 11) is 0. The molecule has 0 aromatic heterocycles. The Kier molecular flexibility index (Phi) is 10.4. The molecule has 2 N–H and O–H groups in total. The quantitative estimate of drug-likeness (QED) is 0.484. The zero-order valence-corrected chi connectivity index (χ0v) is 18.1. The summed E-state index contributed by atoms with van der Waals surface area (Å²) >= 11 is -2.35. The van der Waals surface area contributed by atoms with Gasteiger partial charge in [-0.1, -0.05) is 0 Å². The van der Waals surface area contributed by atoms with Crippen LogP contribution in [0.2, 0.25) is 13.3 Å². The van der Waals surface area contributed by atoms with E-state index in [-0.39, 0.29) is 0 Å². The number of ether oxygens (including phenoxy) is 1. The van der Waals surface area contributed by atoms with Gasteiger partial charge in [0, 0.05) is 0 Å². The van der Waals surface area contributed by atoms with Crippen LogP contribution in [0.25, 0.3) is 0 Å². The van der Waals surface area contributed by atoms with Crippen molar-refractivity contribution in [2.24, 2.45) is 0 Å². The van der Waals surface area contributed by atoms with Crippen molar-refractivity contribution >= 4 is 18.4 Å². The van der Waals surface area contributed by atoms with Gasteiger partial charge in [-0.25, -0.2) is 0 Å². The summed E-state index contributed by atoms with van der Waals surface area (Å²) in [4.78, 5) is 0. The number of unbranched alkanes of at least 4 members (excludes halogenated alkanes) is 3. The molecule has 0 bridgehead atoms. The van der Waals surface area contributed by atoms with Gasteiger partial charge in [-0.3, -0.25) is 0 Å². The van der Waals surface area contributed by atoms with Crippen molar-refractivity contribution in [1.82, 2.24) is 0 Å². The monoisotopic (exact) mass is 432 g/mol. The van der Waals surface area contributed by atoms with Gasteiger partial charge in [-0.2, -0.15) is 0 Å². The maximum absolute atomic E-state index is 10.1. The minimum absolute atomic E-state index is 0.444. The van der Waals surface area contributed by atoms with Crippen LogP contribution in [0.1, 0.15) is 59.3 Å². The number of aliphatic hydroxyl groups excluding tert-OH is 2. The summed E-state index contributed by atoms with van der Waals surface area (Å²) in [5, 5.41) is 19.8. The normalized spacial score (nSPS) is 28.8. The third-order valence-electron chi connectivity index (χ3n) is 5.06. The Balaban J connectivity index is 2.85. The first-order chi connectivity index (χ1) is 11.0. The van der Waals surface area contributed by atoms with Gasteiger partial charge in [-0.05, 0) is 0 Å². The van der Waals surface area contributed by atoms with E-state index in [1.165, 1.54) is 51.8 Å². The average molecular weight is 431 g/mol. The zero-order valence-electron chi connectivity index (χ0n) is 15.2. The molecule has 1 heterocycles. The van der Waals surface area contributed by atoms with Crippen LogP contribution in [-0.4, -0.2) is 53.0 Å². The van der Waals surface area contributed by atoms with E-state index < -0.39 is 42.8 Å². The summed E-state index contributed by atoms with van der Waals surface area (Å²) in [5.74, 6) is 0. The fourth-order valence-electron chi connectivity index (χ4n) is 3.40. The second-order valence-electron chi connectivity index (χ2n) is 7.08. The van der Waals surface area contributed by atoms with Gasteiger partial charge in [0.2, 0.25) is 0 Å². The van der Waals surface area contributed by atoms with Crippen molar-refractivity contribution in [3.63, 3.8) is 0 Å². The Morgan fingerprint density at radius 1 is 0.913 bits per heavy atom. The molecule has 2 radical (unpaired) electrons. The van der Waals surface area contributed by atoms with E-state index in [9.17, 15) is 10.2 Å². The molecule has 1 aliphatic rings. The molecule has 4 heteroatoms. The molecule has 0 aromatic rings. The second-order valence-corrected chi connectivity index (χ2v) is 20.1. The van der Waals surface area contributed by atoms with Gasteiger partial charge in [-0.15, -0.1) is 0 Å². The predicted octanol–water partition coefficient (Wildman–Crippen LogP) is 4.13.